The zero-order valence-corrected chi connectivity index (χ0v) is 15.1. The van der Waals surface area contributed by atoms with Crippen molar-refractivity contribution in [3.63, 3.8) is 0 Å². The van der Waals surface area contributed by atoms with Gasteiger partial charge in [-0.2, -0.15) is 18.4 Å². The summed E-state index contributed by atoms with van der Waals surface area (Å²) in [6.07, 6.45) is -3.50. The van der Waals surface area contributed by atoms with Crippen LogP contribution in [0.1, 0.15) is 11.1 Å². The van der Waals surface area contributed by atoms with Crippen LogP contribution in [0.25, 0.3) is 6.08 Å². The number of hydrogen-bond acceptors (Lipinski definition) is 3. The Labute approximate surface area is 159 Å². The number of anilines is 1. The van der Waals surface area contributed by atoms with E-state index < -0.39 is 23.2 Å². The van der Waals surface area contributed by atoms with Gasteiger partial charge in [0, 0.05) is 10.0 Å². The van der Waals surface area contributed by atoms with Gasteiger partial charge in [0.15, 0.2) is 0 Å². The van der Waals surface area contributed by atoms with Crippen molar-refractivity contribution in [2.45, 2.75) is 6.18 Å². The van der Waals surface area contributed by atoms with E-state index in [-0.39, 0.29) is 22.0 Å². The van der Waals surface area contributed by atoms with Crippen molar-refractivity contribution in [2.75, 3.05) is 5.32 Å². The Bertz CT molecular complexity index is 937. The van der Waals surface area contributed by atoms with Gasteiger partial charge in [0.25, 0.3) is 5.91 Å². The fourth-order valence-electron chi connectivity index (χ4n) is 1.93. The molecule has 0 saturated carbocycles. The number of benzene rings is 2. The monoisotopic (exact) mass is 444 g/mol. The van der Waals surface area contributed by atoms with Crippen LogP contribution in [0.2, 0.25) is 5.02 Å². The number of nitriles is 1. The molecule has 0 aromatic heterocycles. The van der Waals surface area contributed by atoms with Crippen LogP contribution in [-0.2, 0) is 11.0 Å². The number of rotatable bonds is 3. The summed E-state index contributed by atoms with van der Waals surface area (Å²) in [5.41, 5.74) is -1.52. The number of amides is 1. The summed E-state index contributed by atoms with van der Waals surface area (Å²) in [6.45, 7) is 0. The third-order valence-corrected chi connectivity index (χ3v) is 4.02. The molecule has 9 heteroatoms. The Hall–Kier alpha value is -2.50. The summed E-state index contributed by atoms with van der Waals surface area (Å²) < 4.78 is 38.9. The van der Waals surface area contributed by atoms with Crippen molar-refractivity contribution in [1.29, 1.82) is 5.26 Å². The molecule has 0 atom stereocenters. The number of nitrogens with one attached hydrogen (secondary N) is 1. The number of nitrogens with zero attached hydrogens (tertiary/aromatic N) is 1. The van der Waals surface area contributed by atoms with Crippen LogP contribution >= 0.6 is 27.5 Å². The van der Waals surface area contributed by atoms with Crippen molar-refractivity contribution in [2.24, 2.45) is 0 Å². The predicted molar refractivity (Wildman–Crippen MR) is 94.5 cm³/mol. The third kappa shape index (κ3) is 4.77. The van der Waals surface area contributed by atoms with Gasteiger partial charge in [-0.1, -0.05) is 27.5 Å². The first kappa shape index (κ1) is 19.8. The van der Waals surface area contributed by atoms with Gasteiger partial charge in [-0.3, -0.25) is 4.79 Å². The molecule has 26 heavy (non-hydrogen) atoms. The van der Waals surface area contributed by atoms with Gasteiger partial charge in [0.1, 0.15) is 17.4 Å². The number of halogens is 5. The molecule has 0 aliphatic rings. The lowest BCUT2D eigenvalue weighted by molar-refractivity contribution is -0.137. The first-order valence-electron chi connectivity index (χ1n) is 6.90. The lowest BCUT2D eigenvalue weighted by Gasteiger charge is -2.11. The van der Waals surface area contributed by atoms with E-state index in [2.05, 4.69) is 21.2 Å². The number of hydrogen-bond donors (Lipinski definition) is 2. The smallest absolute Gasteiger partial charge is 0.416 e. The van der Waals surface area contributed by atoms with Crippen molar-refractivity contribution < 1.29 is 23.1 Å². The summed E-state index contributed by atoms with van der Waals surface area (Å²) in [6, 6.07) is 8.46. The summed E-state index contributed by atoms with van der Waals surface area (Å²) in [4.78, 5) is 12.2. The van der Waals surface area contributed by atoms with Crippen molar-refractivity contribution in [3.05, 3.63) is 62.6 Å². The maximum atomic E-state index is 12.8. The minimum Gasteiger partial charge on any atom is -0.507 e. The van der Waals surface area contributed by atoms with Gasteiger partial charge in [-0.05, 0) is 42.5 Å². The molecule has 0 spiro atoms. The van der Waals surface area contributed by atoms with Crippen LogP contribution in [-0.4, -0.2) is 11.0 Å². The number of phenols is 1. The highest BCUT2D eigenvalue weighted by Gasteiger charge is 2.31. The molecule has 0 saturated heterocycles. The second-order valence-electron chi connectivity index (χ2n) is 5.02. The fourth-order valence-corrected chi connectivity index (χ4v) is 2.48. The van der Waals surface area contributed by atoms with E-state index >= 15 is 0 Å². The molecule has 2 aromatic carbocycles. The SMILES string of the molecule is N#CC(=Cc1cc(Br)ccc1O)C(=O)Nc1cc(C(F)(F)F)ccc1Cl. The Morgan fingerprint density at radius 3 is 2.58 bits per heavy atom. The highest BCUT2D eigenvalue weighted by atomic mass is 79.9. The molecule has 0 unspecified atom stereocenters. The van der Waals surface area contributed by atoms with Crippen molar-refractivity contribution in [3.8, 4) is 11.8 Å². The van der Waals surface area contributed by atoms with Crippen LogP contribution in [0.15, 0.2) is 46.4 Å². The lowest BCUT2D eigenvalue weighted by atomic mass is 10.1. The summed E-state index contributed by atoms with van der Waals surface area (Å²) >= 11 is 9.00. The van der Waals surface area contributed by atoms with Gasteiger partial charge in [0.05, 0.1) is 16.3 Å². The zero-order valence-electron chi connectivity index (χ0n) is 12.7. The zero-order chi connectivity index (χ0) is 19.5. The Kier molecular flexibility index (Phi) is 5.95. The van der Waals surface area contributed by atoms with E-state index in [4.69, 9.17) is 16.9 Å². The van der Waals surface area contributed by atoms with Gasteiger partial charge < -0.3 is 10.4 Å². The molecule has 2 N–H and O–H groups in total. The van der Waals surface area contributed by atoms with E-state index in [9.17, 15) is 23.1 Å². The molecule has 2 aromatic rings. The van der Waals surface area contributed by atoms with Crippen LogP contribution in [0.3, 0.4) is 0 Å². The molecule has 4 nitrogen and oxygen atoms in total. The molecule has 0 aliphatic carbocycles. The maximum absolute atomic E-state index is 12.8. The number of carbonyl (C=O) groups is 1. The van der Waals surface area contributed by atoms with Gasteiger partial charge >= 0.3 is 6.18 Å². The van der Waals surface area contributed by atoms with E-state index in [1.807, 2.05) is 0 Å². The topological polar surface area (TPSA) is 73.1 Å². The number of alkyl halides is 3. The molecule has 0 radical (unpaired) electrons. The normalized spacial score (nSPS) is 11.8. The second kappa shape index (κ2) is 7.81. The second-order valence-corrected chi connectivity index (χ2v) is 6.34. The number of aromatic hydroxyl groups is 1. The Balaban J connectivity index is 2.35. The molecule has 134 valence electrons. The summed E-state index contributed by atoms with van der Waals surface area (Å²) in [7, 11) is 0. The van der Waals surface area contributed by atoms with E-state index in [0.29, 0.717) is 10.5 Å². The molecule has 0 heterocycles. The van der Waals surface area contributed by atoms with Gasteiger partial charge in [-0.15, -0.1) is 0 Å². The lowest BCUT2D eigenvalue weighted by Crippen LogP contribution is -2.15. The molecule has 1 amide bonds. The van der Waals surface area contributed by atoms with Crippen LogP contribution in [0.5, 0.6) is 5.75 Å². The first-order valence-corrected chi connectivity index (χ1v) is 8.07. The third-order valence-electron chi connectivity index (χ3n) is 3.20. The maximum Gasteiger partial charge on any atom is 0.416 e. The molecule has 0 aliphatic heterocycles. The standard InChI is InChI=1S/C17H9BrClF3N2O2/c18-12-2-4-15(25)9(6-12)5-10(8-23)16(26)24-14-7-11(17(20,21)22)1-3-13(14)19/h1-7,25H,(H,24,26). The molecule has 0 bridgehead atoms. The van der Waals surface area contributed by atoms with E-state index in [0.717, 1.165) is 18.2 Å². The minimum atomic E-state index is -4.61. The fraction of sp³-hybridized carbons (Fsp3) is 0.0588. The Morgan fingerprint density at radius 2 is 1.96 bits per heavy atom. The van der Waals surface area contributed by atoms with E-state index in [1.165, 1.54) is 12.1 Å². The molecular formula is C17H9BrClF3N2O2. The average molecular weight is 446 g/mol. The summed E-state index contributed by atoms with van der Waals surface area (Å²) in [5.74, 6) is -1.14. The average Bonchev–Trinajstić information content (AvgIpc) is 2.56. The quantitative estimate of drug-likeness (QED) is 0.493. The van der Waals surface area contributed by atoms with Gasteiger partial charge in [-0.25, -0.2) is 0 Å². The molecule has 0 fully saturated rings. The largest absolute Gasteiger partial charge is 0.507 e. The molecular weight excluding hydrogens is 437 g/mol. The van der Waals surface area contributed by atoms with E-state index in [1.54, 1.807) is 12.1 Å². The predicted octanol–water partition coefficient (Wildman–Crippen LogP) is 5.37. The highest BCUT2D eigenvalue weighted by Crippen LogP contribution is 2.34. The highest BCUT2D eigenvalue weighted by molar-refractivity contribution is 9.10. The summed E-state index contributed by atoms with van der Waals surface area (Å²) in [5, 5.41) is 21.0. The minimum absolute atomic E-state index is 0.117. The molecule has 2 rings (SSSR count). The van der Waals surface area contributed by atoms with Gasteiger partial charge in [0.2, 0.25) is 0 Å². The van der Waals surface area contributed by atoms with Crippen molar-refractivity contribution in [1.82, 2.24) is 0 Å². The number of carbonyl (C=O) groups excluding carboxylic acids is 1. The number of phenolic OH excluding ortho intramolecular Hbond substituents is 1. The van der Waals surface area contributed by atoms with Crippen LogP contribution < -0.4 is 5.32 Å². The van der Waals surface area contributed by atoms with Crippen LogP contribution in [0.4, 0.5) is 18.9 Å². The van der Waals surface area contributed by atoms with Crippen molar-refractivity contribution >= 4 is 45.2 Å². The first-order chi connectivity index (χ1) is 12.1. The Morgan fingerprint density at radius 1 is 1.27 bits per heavy atom. The van der Waals surface area contributed by atoms with Crippen LogP contribution in [0, 0.1) is 11.3 Å².